The van der Waals surface area contributed by atoms with E-state index in [1.165, 1.54) is 44.9 Å². The topological polar surface area (TPSA) is 137 Å². The molecule has 0 amide bonds. The van der Waals surface area contributed by atoms with Crippen molar-refractivity contribution in [3.8, 4) is 0 Å². The molecule has 0 aromatic carbocycles. The predicted molar refractivity (Wildman–Crippen MR) is 140 cm³/mol. The lowest BCUT2D eigenvalue weighted by Gasteiger charge is -2.41. The molecular weight excluding hydrogens is 464 g/mol. The fourth-order valence-corrected chi connectivity index (χ4v) is 4.86. The fourth-order valence-electron chi connectivity index (χ4n) is 4.86. The van der Waals surface area contributed by atoms with Crippen molar-refractivity contribution in [1.29, 1.82) is 0 Å². The molecule has 6 unspecified atom stereocenters. The van der Waals surface area contributed by atoms with Crippen molar-refractivity contribution in [2.24, 2.45) is 0 Å². The first kappa shape index (κ1) is 33.3. The molecule has 0 bridgehead atoms. The lowest BCUT2D eigenvalue weighted by molar-refractivity contribution is -0.312. The second-order valence-corrected chi connectivity index (χ2v) is 10.5. The van der Waals surface area contributed by atoms with Crippen molar-refractivity contribution in [3.63, 3.8) is 0 Å². The van der Waals surface area contributed by atoms with Crippen molar-refractivity contribution < 1.29 is 39.8 Å². The number of aliphatic hydroxyl groups excluding tert-OH is 4. The van der Waals surface area contributed by atoms with Crippen LogP contribution in [0.15, 0.2) is 0 Å². The summed E-state index contributed by atoms with van der Waals surface area (Å²) in [6.07, 6.45) is 13.8. The Labute approximate surface area is 218 Å². The molecule has 8 nitrogen and oxygen atoms in total. The summed E-state index contributed by atoms with van der Waals surface area (Å²) in [5, 5.41) is 48.6. The smallest absolute Gasteiger partial charge is 0.303 e. The normalized spacial score (nSPS) is 25.2. The highest BCUT2D eigenvalue weighted by Gasteiger charge is 2.44. The van der Waals surface area contributed by atoms with Gasteiger partial charge in [0.05, 0.1) is 12.7 Å². The van der Waals surface area contributed by atoms with Gasteiger partial charge in [-0.3, -0.25) is 4.79 Å². The number of rotatable bonds is 23. The molecular formula is C28H54O8. The largest absolute Gasteiger partial charge is 0.481 e. The molecule has 1 rings (SSSR count). The quantitative estimate of drug-likeness (QED) is 0.123. The second-order valence-electron chi connectivity index (χ2n) is 10.5. The Balaban J connectivity index is 2.35. The van der Waals surface area contributed by atoms with Crippen LogP contribution >= 0.6 is 0 Å². The summed E-state index contributed by atoms with van der Waals surface area (Å²) in [6.45, 7) is 1.76. The molecule has 1 aliphatic rings. The Bertz CT molecular complexity index is 530. The standard InChI is InChI=1S/C28H54O8/c1-2-3-4-5-9-12-15-18-22(35-28-27(34)26(33)25(32)23(21-29)36-28)19-16-13-10-7-6-8-11-14-17-20-24(30)31/h22-23,25-29,32-34H,2-21H2,1H3,(H,30,31). The molecule has 0 saturated carbocycles. The first-order chi connectivity index (χ1) is 17.4. The summed E-state index contributed by atoms with van der Waals surface area (Å²) >= 11 is 0. The Morgan fingerprint density at radius 2 is 1.19 bits per heavy atom. The van der Waals surface area contributed by atoms with Gasteiger partial charge in [-0.2, -0.15) is 0 Å². The summed E-state index contributed by atoms with van der Waals surface area (Å²) < 4.78 is 11.7. The van der Waals surface area contributed by atoms with Crippen molar-refractivity contribution in [3.05, 3.63) is 0 Å². The van der Waals surface area contributed by atoms with Crippen LogP contribution < -0.4 is 0 Å². The van der Waals surface area contributed by atoms with Crippen molar-refractivity contribution >= 4 is 5.97 Å². The van der Waals surface area contributed by atoms with Crippen molar-refractivity contribution in [2.45, 2.75) is 166 Å². The zero-order valence-corrected chi connectivity index (χ0v) is 22.6. The van der Waals surface area contributed by atoms with Crippen LogP contribution in [0.4, 0.5) is 0 Å². The third-order valence-electron chi connectivity index (χ3n) is 7.22. The van der Waals surface area contributed by atoms with Gasteiger partial charge >= 0.3 is 5.97 Å². The van der Waals surface area contributed by atoms with Gasteiger partial charge in [-0.1, -0.05) is 103 Å². The molecule has 36 heavy (non-hydrogen) atoms. The number of unbranched alkanes of at least 4 members (excludes halogenated alkanes) is 14. The van der Waals surface area contributed by atoms with Crippen LogP contribution in [-0.2, 0) is 14.3 Å². The molecule has 6 atom stereocenters. The van der Waals surface area contributed by atoms with E-state index in [4.69, 9.17) is 14.6 Å². The molecule has 0 radical (unpaired) electrons. The van der Waals surface area contributed by atoms with Crippen LogP contribution in [0.1, 0.15) is 129 Å². The number of aliphatic carboxylic acids is 1. The van der Waals surface area contributed by atoms with Crippen molar-refractivity contribution in [1.82, 2.24) is 0 Å². The SMILES string of the molecule is CCCCCCCCCC(CCCCCCCCCCCC(=O)O)OC1OC(CO)C(O)C(O)C1O. The van der Waals surface area contributed by atoms with E-state index in [0.717, 1.165) is 70.6 Å². The zero-order valence-electron chi connectivity index (χ0n) is 22.6. The van der Waals surface area contributed by atoms with Crippen LogP contribution in [-0.4, -0.2) is 74.9 Å². The highest BCUT2D eigenvalue weighted by molar-refractivity contribution is 5.66. The number of hydrogen-bond donors (Lipinski definition) is 5. The minimum Gasteiger partial charge on any atom is -0.481 e. The second kappa shape index (κ2) is 21.2. The van der Waals surface area contributed by atoms with E-state index in [9.17, 15) is 25.2 Å². The van der Waals surface area contributed by atoms with Crippen molar-refractivity contribution in [2.75, 3.05) is 6.61 Å². The Hall–Kier alpha value is -0.770. The minimum absolute atomic E-state index is 0.101. The molecule has 0 spiro atoms. The number of aliphatic hydroxyl groups is 4. The third-order valence-corrected chi connectivity index (χ3v) is 7.22. The summed E-state index contributed by atoms with van der Waals surface area (Å²) in [5.41, 5.74) is 0. The summed E-state index contributed by atoms with van der Waals surface area (Å²) in [6, 6.07) is 0. The Morgan fingerprint density at radius 1 is 0.722 bits per heavy atom. The van der Waals surface area contributed by atoms with Gasteiger partial charge < -0.3 is 35.0 Å². The van der Waals surface area contributed by atoms with E-state index < -0.39 is 43.3 Å². The van der Waals surface area contributed by atoms with Crippen LogP contribution in [0, 0.1) is 0 Å². The van der Waals surface area contributed by atoms with Crippen LogP contribution in [0.2, 0.25) is 0 Å². The van der Waals surface area contributed by atoms with E-state index in [-0.39, 0.29) is 12.5 Å². The number of ether oxygens (including phenoxy) is 2. The zero-order chi connectivity index (χ0) is 26.6. The van der Waals surface area contributed by atoms with Crippen LogP contribution in [0.25, 0.3) is 0 Å². The number of carboxylic acid groups (broad SMARTS) is 1. The molecule has 0 aromatic rings. The van der Waals surface area contributed by atoms with Gasteiger partial charge in [0.2, 0.25) is 0 Å². The first-order valence-corrected chi connectivity index (χ1v) is 14.6. The van der Waals surface area contributed by atoms with Gasteiger partial charge in [0, 0.05) is 6.42 Å². The molecule has 214 valence electrons. The summed E-state index contributed by atoms with van der Waals surface area (Å²) in [7, 11) is 0. The predicted octanol–water partition coefficient (Wildman–Crippen LogP) is 4.69. The highest BCUT2D eigenvalue weighted by Crippen LogP contribution is 2.26. The lowest BCUT2D eigenvalue weighted by atomic mass is 9.98. The average Bonchev–Trinajstić information content (AvgIpc) is 2.86. The number of carbonyl (C=O) groups is 1. The molecule has 1 fully saturated rings. The number of hydrogen-bond acceptors (Lipinski definition) is 7. The monoisotopic (exact) mass is 518 g/mol. The Kier molecular flexibility index (Phi) is 19.6. The van der Waals surface area contributed by atoms with Gasteiger partial charge in [-0.15, -0.1) is 0 Å². The average molecular weight is 519 g/mol. The first-order valence-electron chi connectivity index (χ1n) is 14.6. The maximum absolute atomic E-state index is 10.5. The van der Waals surface area contributed by atoms with E-state index >= 15 is 0 Å². The maximum atomic E-state index is 10.5. The molecule has 1 heterocycles. The van der Waals surface area contributed by atoms with E-state index in [0.29, 0.717) is 0 Å². The van der Waals surface area contributed by atoms with Gasteiger partial charge in [0.25, 0.3) is 0 Å². The molecule has 8 heteroatoms. The summed E-state index contributed by atoms with van der Waals surface area (Å²) in [5.74, 6) is -0.712. The molecule has 0 aromatic heterocycles. The minimum atomic E-state index is -1.41. The third kappa shape index (κ3) is 14.8. The van der Waals surface area contributed by atoms with Gasteiger partial charge in [0.1, 0.15) is 24.4 Å². The molecule has 5 N–H and O–H groups in total. The fraction of sp³-hybridized carbons (Fsp3) is 0.964. The van der Waals surface area contributed by atoms with Gasteiger partial charge in [-0.05, 0) is 19.3 Å². The molecule has 1 saturated heterocycles. The molecule has 0 aliphatic carbocycles. The number of carboxylic acids is 1. The van der Waals surface area contributed by atoms with E-state index in [2.05, 4.69) is 6.92 Å². The van der Waals surface area contributed by atoms with Gasteiger partial charge in [0.15, 0.2) is 6.29 Å². The summed E-state index contributed by atoms with van der Waals surface area (Å²) in [4.78, 5) is 10.5. The van der Waals surface area contributed by atoms with E-state index in [1.54, 1.807) is 0 Å². The van der Waals surface area contributed by atoms with Crippen LogP contribution in [0.3, 0.4) is 0 Å². The van der Waals surface area contributed by atoms with Crippen LogP contribution in [0.5, 0.6) is 0 Å². The maximum Gasteiger partial charge on any atom is 0.303 e. The van der Waals surface area contributed by atoms with E-state index in [1.807, 2.05) is 0 Å². The molecule has 1 aliphatic heterocycles. The Morgan fingerprint density at radius 3 is 1.67 bits per heavy atom. The van der Waals surface area contributed by atoms with Gasteiger partial charge in [-0.25, -0.2) is 0 Å². The highest BCUT2D eigenvalue weighted by atomic mass is 16.7. The lowest BCUT2D eigenvalue weighted by Crippen LogP contribution is -2.59.